The zero-order valence-corrected chi connectivity index (χ0v) is 10.4. The molecule has 102 valence electrons. The third-order valence-electron chi connectivity index (χ3n) is 2.40. The highest BCUT2D eigenvalue weighted by Crippen LogP contribution is 2.37. The van der Waals surface area contributed by atoms with Crippen LogP contribution in [0.5, 0.6) is 5.75 Å². The molecule has 0 aliphatic rings. The molecule has 0 heterocycles. The number of rotatable bonds is 4. The van der Waals surface area contributed by atoms with Crippen molar-refractivity contribution >= 4 is 0 Å². The maximum absolute atomic E-state index is 13.5. The minimum absolute atomic E-state index is 0.0408. The van der Waals surface area contributed by atoms with E-state index in [1.54, 1.807) is 6.92 Å². The molecule has 0 spiro atoms. The number of hydrogen-bond acceptors (Lipinski definition) is 2. The standard InChI is InChI=1S/C12H15F4NO/c1-4-18-10-6-5-8(7-9(10)13)11(17(2)3)12(14,15)16/h5-7,11H,4H2,1-3H3. The minimum atomic E-state index is -4.46. The second-order valence-corrected chi connectivity index (χ2v) is 4.03. The van der Waals surface area contributed by atoms with Gasteiger partial charge in [0.15, 0.2) is 11.6 Å². The van der Waals surface area contributed by atoms with Gasteiger partial charge in [-0.25, -0.2) is 4.39 Å². The van der Waals surface area contributed by atoms with Gasteiger partial charge in [0.25, 0.3) is 0 Å². The Morgan fingerprint density at radius 1 is 1.28 bits per heavy atom. The molecule has 2 nitrogen and oxygen atoms in total. The summed E-state index contributed by atoms with van der Waals surface area (Å²) in [7, 11) is 2.60. The van der Waals surface area contributed by atoms with E-state index in [2.05, 4.69) is 0 Å². The summed E-state index contributed by atoms with van der Waals surface area (Å²) in [5, 5.41) is 0. The summed E-state index contributed by atoms with van der Waals surface area (Å²) in [5.74, 6) is -0.827. The molecule has 1 aromatic carbocycles. The van der Waals surface area contributed by atoms with Crippen molar-refractivity contribution in [2.24, 2.45) is 0 Å². The summed E-state index contributed by atoms with van der Waals surface area (Å²) in [6, 6.07) is 1.48. The van der Waals surface area contributed by atoms with E-state index in [1.807, 2.05) is 0 Å². The van der Waals surface area contributed by atoms with Crippen molar-refractivity contribution in [2.75, 3.05) is 20.7 Å². The summed E-state index contributed by atoms with van der Waals surface area (Å²) >= 11 is 0. The fourth-order valence-electron chi connectivity index (χ4n) is 1.74. The Morgan fingerprint density at radius 3 is 2.28 bits per heavy atom. The highest BCUT2D eigenvalue weighted by atomic mass is 19.4. The molecule has 0 amide bonds. The highest BCUT2D eigenvalue weighted by molar-refractivity contribution is 5.31. The van der Waals surface area contributed by atoms with Crippen molar-refractivity contribution in [3.05, 3.63) is 29.6 Å². The molecule has 0 aliphatic carbocycles. The molecule has 0 aromatic heterocycles. The lowest BCUT2D eigenvalue weighted by Crippen LogP contribution is -2.33. The predicted octanol–water partition coefficient (Wildman–Crippen LogP) is 3.39. The first-order chi connectivity index (χ1) is 8.27. The zero-order chi connectivity index (χ0) is 13.9. The molecule has 1 atom stereocenters. The Hall–Kier alpha value is -1.30. The number of alkyl halides is 3. The zero-order valence-electron chi connectivity index (χ0n) is 10.4. The molecule has 1 aromatic rings. The summed E-state index contributed by atoms with van der Waals surface area (Å²) in [4.78, 5) is 0.995. The minimum Gasteiger partial charge on any atom is -0.491 e. The lowest BCUT2D eigenvalue weighted by atomic mass is 10.1. The van der Waals surface area contributed by atoms with Crippen LogP contribution in [0.3, 0.4) is 0 Å². The van der Waals surface area contributed by atoms with Gasteiger partial charge in [0, 0.05) is 0 Å². The SMILES string of the molecule is CCOc1ccc(C(N(C)C)C(F)(F)F)cc1F. The lowest BCUT2D eigenvalue weighted by Gasteiger charge is -2.27. The quantitative estimate of drug-likeness (QED) is 0.774. The van der Waals surface area contributed by atoms with Gasteiger partial charge in [0.1, 0.15) is 6.04 Å². The van der Waals surface area contributed by atoms with E-state index in [0.29, 0.717) is 0 Å². The Bertz CT molecular complexity index is 404. The van der Waals surface area contributed by atoms with Gasteiger partial charge in [0.2, 0.25) is 0 Å². The first kappa shape index (κ1) is 14.8. The van der Waals surface area contributed by atoms with Crippen LogP contribution in [0.4, 0.5) is 17.6 Å². The van der Waals surface area contributed by atoms with E-state index in [9.17, 15) is 17.6 Å². The van der Waals surface area contributed by atoms with E-state index in [-0.39, 0.29) is 17.9 Å². The van der Waals surface area contributed by atoms with Gasteiger partial charge >= 0.3 is 6.18 Å². The Balaban J connectivity index is 3.12. The molecule has 0 saturated carbocycles. The van der Waals surface area contributed by atoms with Crippen LogP contribution < -0.4 is 4.74 Å². The molecule has 0 aliphatic heterocycles. The molecular formula is C12H15F4NO. The third-order valence-corrected chi connectivity index (χ3v) is 2.40. The molecule has 18 heavy (non-hydrogen) atoms. The van der Waals surface area contributed by atoms with Crippen LogP contribution in [0.1, 0.15) is 18.5 Å². The summed E-state index contributed by atoms with van der Waals surface area (Å²) < 4.78 is 57.0. The van der Waals surface area contributed by atoms with Gasteiger partial charge in [-0.2, -0.15) is 13.2 Å². The smallest absolute Gasteiger partial charge is 0.408 e. The largest absolute Gasteiger partial charge is 0.491 e. The Kier molecular flexibility index (Phi) is 4.56. The summed E-state index contributed by atoms with van der Waals surface area (Å²) in [6.07, 6.45) is -4.46. The van der Waals surface area contributed by atoms with E-state index in [1.165, 1.54) is 26.2 Å². The van der Waals surface area contributed by atoms with Crippen molar-refractivity contribution < 1.29 is 22.3 Å². The molecular weight excluding hydrogens is 250 g/mol. The maximum Gasteiger partial charge on any atom is 0.408 e. The molecule has 0 radical (unpaired) electrons. The normalized spacial score (nSPS) is 13.8. The second kappa shape index (κ2) is 5.56. The van der Waals surface area contributed by atoms with Crippen LogP contribution >= 0.6 is 0 Å². The fourth-order valence-corrected chi connectivity index (χ4v) is 1.74. The van der Waals surface area contributed by atoms with E-state index in [4.69, 9.17) is 4.74 Å². The number of benzene rings is 1. The van der Waals surface area contributed by atoms with Crippen molar-refractivity contribution in [1.29, 1.82) is 0 Å². The van der Waals surface area contributed by atoms with Crippen molar-refractivity contribution in [2.45, 2.75) is 19.1 Å². The van der Waals surface area contributed by atoms with Gasteiger partial charge in [-0.3, -0.25) is 4.90 Å². The van der Waals surface area contributed by atoms with Gasteiger partial charge in [-0.15, -0.1) is 0 Å². The Labute approximate surface area is 103 Å². The van der Waals surface area contributed by atoms with Crippen LogP contribution in [0.25, 0.3) is 0 Å². The number of halogens is 4. The average molecular weight is 265 g/mol. The predicted molar refractivity (Wildman–Crippen MR) is 60.1 cm³/mol. The molecule has 6 heteroatoms. The summed E-state index contributed by atoms with van der Waals surface area (Å²) in [6.45, 7) is 1.93. The lowest BCUT2D eigenvalue weighted by molar-refractivity contribution is -0.179. The van der Waals surface area contributed by atoms with E-state index in [0.717, 1.165) is 11.0 Å². The maximum atomic E-state index is 13.5. The second-order valence-electron chi connectivity index (χ2n) is 4.03. The first-order valence-corrected chi connectivity index (χ1v) is 5.42. The topological polar surface area (TPSA) is 12.5 Å². The van der Waals surface area contributed by atoms with E-state index >= 15 is 0 Å². The van der Waals surface area contributed by atoms with Gasteiger partial charge in [-0.1, -0.05) is 6.07 Å². The number of hydrogen-bond donors (Lipinski definition) is 0. The molecule has 1 rings (SSSR count). The van der Waals surface area contributed by atoms with Crippen LogP contribution in [-0.2, 0) is 0 Å². The van der Waals surface area contributed by atoms with Gasteiger partial charge in [-0.05, 0) is 38.7 Å². The molecule has 0 fully saturated rings. The van der Waals surface area contributed by atoms with E-state index < -0.39 is 18.0 Å². The van der Waals surface area contributed by atoms with Crippen LogP contribution in [0.15, 0.2) is 18.2 Å². The van der Waals surface area contributed by atoms with Crippen LogP contribution in [-0.4, -0.2) is 31.8 Å². The van der Waals surface area contributed by atoms with Crippen molar-refractivity contribution in [1.82, 2.24) is 4.90 Å². The summed E-state index contributed by atoms with van der Waals surface area (Å²) in [5.41, 5.74) is -0.145. The van der Waals surface area contributed by atoms with Crippen molar-refractivity contribution in [3.63, 3.8) is 0 Å². The molecule has 1 unspecified atom stereocenters. The molecule has 0 N–H and O–H groups in total. The van der Waals surface area contributed by atoms with Crippen molar-refractivity contribution in [3.8, 4) is 5.75 Å². The van der Waals surface area contributed by atoms with Gasteiger partial charge < -0.3 is 4.74 Å². The number of ether oxygens (including phenoxy) is 1. The Morgan fingerprint density at radius 2 is 1.89 bits per heavy atom. The average Bonchev–Trinajstić information content (AvgIpc) is 2.19. The molecule has 0 bridgehead atoms. The van der Waals surface area contributed by atoms with Crippen LogP contribution in [0.2, 0.25) is 0 Å². The molecule has 0 saturated heterocycles. The third kappa shape index (κ3) is 3.35. The highest BCUT2D eigenvalue weighted by Gasteiger charge is 2.42. The number of nitrogens with zero attached hydrogens (tertiary/aromatic N) is 1. The fraction of sp³-hybridized carbons (Fsp3) is 0.500. The first-order valence-electron chi connectivity index (χ1n) is 5.42. The monoisotopic (exact) mass is 265 g/mol. The van der Waals surface area contributed by atoms with Crippen LogP contribution in [0, 0.1) is 5.82 Å². The van der Waals surface area contributed by atoms with Gasteiger partial charge in [0.05, 0.1) is 6.61 Å².